The lowest BCUT2D eigenvalue weighted by atomic mass is 10.1. The van der Waals surface area contributed by atoms with Gasteiger partial charge < -0.3 is 10.2 Å². The van der Waals surface area contributed by atoms with E-state index in [-0.39, 0.29) is 42.9 Å². The Morgan fingerprint density at radius 2 is 1.63 bits per heavy atom. The van der Waals surface area contributed by atoms with Crippen LogP contribution in [0.4, 0.5) is 10.1 Å². The first kappa shape index (κ1) is 28.3. The summed E-state index contributed by atoms with van der Waals surface area (Å²) in [6, 6.07) is 14.6. The normalized spacial score (nSPS) is 13.1. The molecule has 0 aliphatic rings. The summed E-state index contributed by atoms with van der Waals surface area (Å²) in [5, 5.41) is 2.92. The standard InChI is InChI=1S/C26H36FN3O4S/c1-5-20(2)28-26(32)21(3)29(19-17-22-12-7-6-8-13-22)25(31)16-11-18-30(35(4,33)34)24-15-10-9-14-23(24)27/h6-10,12-15,20-21H,5,11,16-19H2,1-4H3,(H,28,32)/t20-,21-/m0/s1. The molecule has 0 spiro atoms. The molecule has 0 fully saturated rings. The number of hydrogen-bond donors (Lipinski definition) is 1. The lowest BCUT2D eigenvalue weighted by molar-refractivity contribution is -0.140. The minimum atomic E-state index is -3.75. The first-order valence-electron chi connectivity index (χ1n) is 11.9. The van der Waals surface area contributed by atoms with E-state index in [1.807, 2.05) is 44.2 Å². The number of nitrogens with zero attached hydrogens (tertiary/aromatic N) is 2. The predicted octanol–water partition coefficient (Wildman–Crippen LogP) is 3.75. The van der Waals surface area contributed by atoms with Gasteiger partial charge in [-0.1, -0.05) is 49.4 Å². The molecule has 0 aliphatic heterocycles. The first-order valence-corrected chi connectivity index (χ1v) is 13.8. The Balaban J connectivity index is 2.12. The second-order valence-electron chi connectivity index (χ2n) is 8.71. The van der Waals surface area contributed by atoms with Gasteiger partial charge >= 0.3 is 0 Å². The number of amides is 2. The van der Waals surface area contributed by atoms with E-state index in [4.69, 9.17) is 0 Å². The summed E-state index contributed by atoms with van der Waals surface area (Å²) in [7, 11) is -3.75. The number of para-hydroxylation sites is 1. The summed E-state index contributed by atoms with van der Waals surface area (Å²) in [4.78, 5) is 27.5. The van der Waals surface area contributed by atoms with Crippen LogP contribution in [0.25, 0.3) is 0 Å². The molecule has 0 saturated heterocycles. The minimum Gasteiger partial charge on any atom is -0.352 e. The highest BCUT2D eigenvalue weighted by Crippen LogP contribution is 2.22. The smallest absolute Gasteiger partial charge is 0.242 e. The molecule has 0 aromatic heterocycles. The summed E-state index contributed by atoms with van der Waals surface area (Å²) in [5.74, 6) is -1.14. The van der Waals surface area contributed by atoms with Gasteiger partial charge in [0.2, 0.25) is 21.8 Å². The van der Waals surface area contributed by atoms with E-state index in [2.05, 4.69) is 5.32 Å². The second-order valence-corrected chi connectivity index (χ2v) is 10.6. The molecule has 9 heteroatoms. The summed E-state index contributed by atoms with van der Waals surface area (Å²) < 4.78 is 39.8. The lowest BCUT2D eigenvalue weighted by Gasteiger charge is -2.30. The van der Waals surface area contributed by atoms with E-state index in [0.717, 1.165) is 22.5 Å². The van der Waals surface area contributed by atoms with Gasteiger partial charge in [-0.15, -0.1) is 0 Å². The minimum absolute atomic E-state index is 0.0138. The van der Waals surface area contributed by atoms with Crippen molar-refractivity contribution < 1.29 is 22.4 Å². The van der Waals surface area contributed by atoms with E-state index < -0.39 is 21.9 Å². The average Bonchev–Trinajstić information content (AvgIpc) is 2.82. The zero-order valence-corrected chi connectivity index (χ0v) is 21.7. The van der Waals surface area contributed by atoms with E-state index >= 15 is 0 Å². The van der Waals surface area contributed by atoms with Crippen molar-refractivity contribution in [2.24, 2.45) is 0 Å². The van der Waals surface area contributed by atoms with Gasteiger partial charge in [0.15, 0.2) is 0 Å². The Bertz CT molecular complexity index is 1080. The molecule has 0 aliphatic carbocycles. The molecule has 2 atom stereocenters. The van der Waals surface area contributed by atoms with Gasteiger partial charge in [-0.2, -0.15) is 0 Å². The predicted molar refractivity (Wildman–Crippen MR) is 137 cm³/mol. The van der Waals surface area contributed by atoms with E-state index in [0.29, 0.717) is 13.0 Å². The van der Waals surface area contributed by atoms with Crippen molar-refractivity contribution in [3.8, 4) is 0 Å². The molecule has 1 N–H and O–H groups in total. The zero-order chi connectivity index (χ0) is 26.0. The molecular formula is C26H36FN3O4S. The summed E-state index contributed by atoms with van der Waals surface area (Å²) in [6.07, 6.45) is 2.57. The van der Waals surface area contributed by atoms with Gasteiger partial charge in [-0.05, 0) is 50.8 Å². The van der Waals surface area contributed by atoms with Crippen LogP contribution in [-0.4, -0.2) is 56.6 Å². The first-order chi connectivity index (χ1) is 16.5. The van der Waals surface area contributed by atoms with E-state index in [1.165, 1.54) is 18.2 Å². The van der Waals surface area contributed by atoms with Crippen molar-refractivity contribution in [1.29, 1.82) is 0 Å². The monoisotopic (exact) mass is 505 g/mol. The lowest BCUT2D eigenvalue weighted by Crippen LogP contribution is -2.50. The van der Waals surface area contributed by atoms with Crippen LogP contribution in [0, 0.1) is 5.82 Å². The van der Waals surface area contributed by atoms with Crippen molar-refractivity contribution in [3.63, 3.8) is 0 Å². The van der Waals surface area contributed by atoms with Crippen LogP contribution < -0.4 is 9.62 Å². The number of anilines is 1. The van der Waals surface area contributed by atoms with Crippen molar-refractivity contribution in [2.75, 3.05) is 23.7 Å². The highest BCUT2D eigenvalue weighted by atomic mass is 32.2. The molecule has 2 aromatic rings. The van der Waals surface area contributed by atoms with Crippen LogP contribution in [0.3, 0.4) is 0 Å². The molecule has 0 bridgehead atoms. The van der Waals surface area contributed by atoms with Crippen LogP contribution in [0.15, 0.2) is 54.6 Å². The third kappa shape index (κ3) is 8.65. The van der Waals surface area contributed by atoms with Crippen LogP contribution >= 0.6 is 0 Å². The van der Waals surface area contributed by atoms with Crippen LogP contribution in [0.1, 0.15) is 45.6 Å². The maximum absolute atomic E-state index is 14.2. The fraction of sp³-hybridized carbons (Fsp3) is 0.462. The fourth-order valence-corrected chi connectivity index (χ4v) is 4.64. The molecule has 192 valence electrons. The number of rotatable bonds is 13. The average molecular weight is 506 g/mol. The maximum Gasteiger partial charge on any atom is 0.242 e. The number of carbonyl (C=O) groups excluding carboxylic acids is 2. The molecule has 2 aromatic carbocycles. The van der Waals surface area contributed by atoms with Gasteiger partial charge in [0.25, 0.3) is 0 Å². The van der Waals surface area contributed by atoms with Crippen LogP contribution in [-0.2, 0) is 26.0 Å². The number of nitrogens with one attached hydrogen (secondary N) is 1. The number of carbonyl (C=O) groups is 2. The Kier molecular flexibility index (Phi) is 10.7. The highest BCUT2D eigenvalue weighted by molar-refractivity contribution is 7.92. The largest absolute Gasteiger partial charge is 0.352 e. The fourth-order valence-electron chi connectivity index (χ4n) is 3.67. The van der Waals surface area contributed by atoms with E-state index in [9.17, 15) is 22.4 Å². The number of halogens is 1. The molecule has 7 nitrogen and oxygen atoms in total. The van der Waals surface area contributed by atoms with Gasteiger partial charge in [0.1, 0.15) is 11.9 Å². The van der Waals surface area contributed by atoms with Crippen LogP contribution in [0.2, 0.25) is 0 Å². The van der Waals surface area contributed by atoms with E-state index in [1.54, 1.807) is 17.9 Å². The highest BCUT2D eigenvalue weighted by Gasteiger charge is 2.27. The summed E-state index contributed by atoms with van der Waals surface area (Å²) >= 11 is 0. The van der Waals surface area contributed by atoms with Crippen molar-refractivity contribution >= 4 is 27.5 Å². The Labute approximate surface area is 208 Å². The van der Waals surface area contributed by atoms with Gasteiger partial charge in [0, 0.05) is 25.6 Å². The quantitative estimate of drug-likeness (QED) is 0.449. The van der Waals surface area contributed by atoms with Gasteiger partial charge in [0.05, 0.1) is 11.9 Å². The van der Waals surface area contributed by atoms with Crippen LogP contribution in [0.5, 0.6) is 0 Å². The molecule has 0 heterocycles. The number of benzene rings is 2. The van der Waals surface area contributed by atoms with Gasteiger partial charge in [-0.25, -0.2) is 12.8 Å². The summed E-state index contributed by atoms with van der Waals surface area (Å²) in [6.45, 7) is 5.87. The molecule has 0 saturated carbocycles. The molecule has 2 amide bonds. The molecular weight excluding hydrogens is 469 g/mol. The topological polar surface area (TPSA) is 86.8 Å². The summed E-state index contributed by atoms with van der Waals surface area (Å²) in [5.41, 5.74) is 0.993. The Morgan fingerprint density at radius 1 is 1.00 bits per heavy atom. The van der Waals surface area contributed by atoms with Gasteiger partial charge in [-0.3, -0.25) is 13.9 Å². The SMILES string of the molecule is CC[C@H](C)NC(=O)[C@H](C)N(CCc1ccccc1)C(=O)CCCN(c1ccccc1F)S(C)(=O)=O. The maximum atomic E-state index is 14.2. The Morgan fingerprint density at radius 3 is 2.23 bits per heavy atom. The number of hydrogen-bond acceptors (Lipinski definition) is 4. The van der Waals surface area contributed by atoms with Crippen molar-refractivity contribution in [2.45, 2.75) is 58.5 Å². The van der Waals surface area contributed by atoms with Crippen molar-refractivity contribution in [1.82, 2.24) is 10.2 Å². The second kappa shape index (κ2) is 13.2. The zero-order valence-electron chi connectivity index (χ0n) is 20.9. The third-order valence-corrected chi connectivity index (χ3v) is 7.11. The molecule has 35 heavy (non-hydrogen) atoms. The molecule has 2 rings (SSSR count). The van der Waals surface area contributed by atoms with Crippen molar-refractivity contribution in [3.05, 3.63) is 66.0 Å². The molecule has 0 radical (unpaired) electrons. The Hall–Kier alpha value is -2.94. The molecule has 0 unspecified atom stereocenters. The number of sulfonamides is 1. The third-order valence-electron chi connectivity index (χ3n) is 5.93.